The van der Waals surface area contributed by atoms with Gasteiger partial charge in [0, 0.05) is 17.7 Å². The third-order valence-electron chi connectivity index (χ3n) is 3.86. The van der Waals surface area contributed by atoms with Crippen LogP contribution < -0.4 is 5.73 Å². The molecule has 2 rings (SSSR count). The first-order valence-electron chi connectivity index (χ1n) is 6.84. The van der Waals surface area contributed by atoms with Gasteiger partial charge in [-0.1, -0.05) is 17.7 Å². The van der Waals surface area contributed by atoms with Gasteiger partial charge in [0.15, 0.2) is 0 Å². The van der Waals surface area contributed by atoms with Crippen molar-refractivity contribution >= 4 is 11.6 Å². The van der Waals surface area contributed by atoms with Crippen molar-refractivity contribution in [1.82, 2.24) is 0 Å². The van der Waals surface area contributed by atoms with E-state index >= 15 is 0 Å². The Balaban J connectivity index is 1.94. The minimum Gasteiger partial charge on any atom is -0.378 e. The molecule has 4 heteroatoms. The smallest absolute Gasteiger partial charge is 0.127 e. The Labute approximate surface area is 119 Å². The number of benzene rings is 1. The number of rotatable bonds is 5. The Morgan fingerprint density at radius 3 is 2.79 bits per heavy atom. The van der Waals surface area contributed by atoms with Crippen molar-refractivity contribution in [3.63, 3.8) is 0 Å². The Morgan fingerprint density at radius 2 is 2.16 bits per heavy atom. The van der Waals surface area contributed by atoms with E-state index in [1.165, 1.54) is 6.07 Å². The summed E-state index contributed by atoms with van der Waals surface area (Å²) in [5, 5.41) is 0.427. The number of hydrogen-bond acceptors (Lipinski definition) is 2. The molecule has 1 fully saturated rings. The van der Waals surface area contributed by atoms with E-state index in [0.717, 1.165) is 31.4 Å². The maximum absolute atomic E-state index is 13.4. The first-order valence-corrected chi connectivity index (χ1v) is 7.21. The molecule has 1 saturated carbocycles. The highest BCUT2D eigenvalue weighted by molar-refractivity contribution is 6.31. The summed E-state index contributed by atoms with van der Waals surface area (Å²) in [7, 11) is 0. The topological polar surface area (TPSA) is 35.2 Å². The molecule has 1 aromatic rings. The minimum absolute atomic E-state index is 0.126. The van der Waals surface area contributed by atoms with Crippen molar-refractivity contribution in [2.75, 3.05) is 6.61 Å². The van der Waals surface area contributed by atoms with Gasteiger partial charge in [0.05, 0.1) is 6.10 Å². The summed E-state index contributed by atoms with van der Waals surface area (Å²) >= 11 is 6.07. The molecule has 0 aliphatic heterocycles. The standard InChI is InChI=1S/C15H21ClFNO/c1-3-19-11-5-10(6-11)7-15(18)12-4-9(2)14(17)8-13(12)16/h4,8,10-11,15H,3,5-7,18H2,1-2H3. The van der Waals surface area contributed by atoms with E-state index < -0.39 is 0 Å². The molecule has 1 aliphatic rings. The Hall–Kier alpha value is -0.640. The fourth-order valence-corrected chi connectivity index (χ4v) is 2.98. The predicted molar refractivity (Wildman–Crippen MR) is 75.8 cm³/mol. The summed E-state index contributed by atoms with van der Waals surface area (Å²) in [6.07, 6.45) is 3.42. The molecule has 19 heavy (non-hydrogen) atoms. The van der Waals surface area contributed by atoms with Crippen LogP contribution >= 0.6 is 11.6 Å². The van der Waals surface area contributed by atoms with Crippen molar-refractivity contribution in [3.8, 4) is 0 Å². The molecule has 2 N–H and O–H groups in total. The second-order valence-corrected chi connectivity index (χ2v) is 5.79. The van der Waals surface area contributed by atoms with E-state index in [1.54, 1.807) is 13.0 Å². The lowest BCUT2D eigenvalue weighted by atomic mass is 9.77. The minimum atomic E-state index is -0.277. The molecule has 0 aromatic heterocycles. The summed E-state index contributed by atoms with van der Waals surface area (Å²) in [6.45, 7) is 4.52. The first-order chi connectivity index (χ1) is 9.01. The summed E-state index contributed by atoms with van der Waals surface area (Å²) < 4.78 is 18.9. The van der Waals surface area contributed by atoms with Gasteiger partial charge in [0.25, 0.3) is 0 Å². The Kier molecular flexibility index (Phi) is 4.82. The normalized spacial score (nSPS) is 24.1. The van der Waals surface area contributed by atoms with Gasteiger partial charge in [-0.15, -0.1) is 0 Å². The SMILES string of the molecule is CCOC1CC(CC(N)c2cc(C)c(F)cc2Cl)C1. The third kappa shape index (κ3) is 3.47. The average Bonchev–Trinajstić information content (AvgIpc) is 2.31. The molecule has 0 heterocycles. The highest BCUT2D eigenvalue weighted by Crippen LogP contribution is 2.37. The van der Waals surface area contributed by atoms with E-state index in [4.69, 9.17) is 22.1 Å². The van der Waals surface area contributed by atoms with Gasteiger partial charge in [-0.2, -0.15) is 0 Å². The number of nitrogens with two attached hydrogens (primary N) is 1. The predicted octanol–water partition coefficient (Wildman–Crippen LogP) is 3.99. The van der Waals surface area contributed by atoms with Crippen LogP contribution in [-0.2, 0) is 4.74 Å². The summed E-state index contributed by atoms with van der Waals surface area (Å²) in [5.74, 6) is 0.314. The lowest BCUT2D eigenvalue weighted by Gasteiger charge is -2.36. The van der Waals surface area contributed by atoms with Crippen LogP contribution in [-0.4, -0.2) is 12.7 Å². The van der Waals surface area contributed by atoms with E-state index in [9.17, 15) is 4.39 Å². The number of halogens is 2. The maximum Gasteiger partial charge on any atom is 0.127 e. The monoisotopic (exact) mass is 285 g/mol. The van der Waals surface area contributed by atoms with Gasteiger partial charge in [-0.05, 0) is 56.2 Å². The molecule has 1 atom stereocenters. The van der Waals surface area contributed by atoms with Gasteiger partial charge in [0.2, 0.25) is 0 Å². The number of aryl methyl sites for hydroxylation is 1. The largest absolute Gasteiger partial charge is 0.378 e. The fraction of sp³-hybridized carbons (Fsp3) is 0.600. The molecule has 1 aromatic carbocycles. The zero-order valence-electron chi connectivity index (χ0n) is 11.5. The van der Waals surface area contributed by atoms with E-state index in [2.05, 4.69) is 0 Å². The van der Waals surface area contributed by atoms with Crippen molar-refractivity contribution in [3.05, 3.63) is 34.1 Å². The van der Waals surface area contributed by atoms with Gasteiger partial charge in [-0.3, -0.25) is 0 Å². The van der Waals surface area contributed by atoms with Crippen molar-refractivity contribution in [2.24, 2.45) is 11.7 Å². The van der Waals surface area contributed by atoms with Crippen molar-refractivity contribution in [1.29, 1.82) is 0 Å². The first kappa shape index (κ1) is 14.8. The zero-order chi connectivity index (χ0) is 14.0. The highest BCUT2D eigenvalue weighted by Gasteiger charge is 2.31. The van der Waals surface area contributed by atoms with E-state index in [-0.39, 0.29) is 11.9 Å². The van der Waals surface area contributed by atoms with Crippen molar-refractivity contribution < 1.29 is 9.13 Å². The molecule has 0 spiro atoms. The molecule has 1 unspecified atom stereocenters. The van der Waals surface area contributed by atoms with Crippen molar-refractivity contribution in [2.45, 2.75) is 45.3 Å². The van der Waals surface area contributed by atoms with Crippen LogP contribution in [0.25, 0.3) is 0 Å². The number of ether oxygens (including phenoxy) is 1. The van der Waals surface area contributed by atoms with E-state index in [1.807, 2.05) is 6.92 Å². The van der Waals surface area contributed by atoms with Gasteiger partial charge < -0.3 is 10.5 Å². The van der Waals surface area contributed by atoms with Crippen LogP contribution in [0.2, 0.25) is 5.02 Å². The van der Waals surface area contributed by atoms with Crippen LogP contribution in [0.5, 0.6) is 0 Å². The Bertz CT molecular complexity index is 446. The molecule has 2 nitrogen and oxygen atoms in total. The summed E-state index contributed by atoms with van der Waals surface area (Å²) in [4.78, 5) is 0. The second kappa shape index (κ2) is 6.21. The number of hydrogen-bond donors (Lipinski definition) is 1. The molecular formula is C15H21ClFNO. The lowest BCUT2D eigenvalue weighted by molar-refractivity contribution is -0.0282. The van der Waals surface area contributed by atoms with Gasteiger partial charge in [0.1, 0.15) is 5.82 Å². The zero-order valence-corrected chi connectivity index (χ0v) is 12.2. The molecule has 0 saturated heterocycles. The Morgan fingerprint density at radius 1 is 1.47 bits per heavy atom. The van der Waals surface area contributed by atoms with Crippen LogP contribution in [0.3, 0.4) is 0 Å². The van der Waals surface area contributed by atoms with Gasteiger partial charge in [-0.25, -0.2) is 4.39 Å². The average molecular weight is 286 g/mol. The summed E-state index contributed by atoms with van der Waals surface area (Å²) in [6, 6.07) is 3.00. The van der Waals surface area contributed by atoms with Crippen LogP contribution in [0.4, 0.5) is 4.39 Å². The molecule has 0 radical (unpaired) electrons. The molecule has 1 aliphatic carbocycles. The second-order valence-electron chi connectivity index (χ2n) is 5.38. The van der Waals surface area contributed by atoms with Gasteiger partial charge >= 0.3 is 0 Å². The maximum atomic E-state index is 13.4. The highest BCUT2D eigenvalue weighted by atomic mass is 35.5. The molecule has 106 valence electrons. The lowest BCUT2D eigenvalue weighted by Crippen LogP contribution is -2.33. The fourth-order valence-electron chi connectivity index (χ4n) is 2.69. The molecule has 0 amide bonds. The van der Waals surface area contributed by atoms with E-state index in [0.29, 0.717) is 22.6 Å². The third-order valence-corrected chi connectivity index (χ3v) is 4.19. The quantitative estimate of drug-likeness (QED) is 0.888. The molecular weight excluding hydrogens is 265 g/mol. The molecule has 0 bridgehead atoms. The van der Waals surface area contributed by atoms with Crippen LogP contribution in [0.15, 0.2) is 12.1 Å². The van der Waals surface area contributed by atoms with Crippen LogP contribution in [0.1, 0.15) is 43.4 Å². The van der Waals surface area contributed by atoms with Crippen LogP contribution in [0, 0.1) is 18.7 Å². The summed E-state index contributed by atoms with van der Waals surface area (Å²) in [5.41, 5.74) is 7.64.